The molecule has 0 spiro atoms. The van der Waals surface area contributed by atoms with E-state index in [0.717, 1.165) is 29.9 Å². The lowest BCUT2D eigenvalue weighted by atomic mass is 10.1. The summed E-state index contributed by atoms with van der Waals surface area (Å²) < 4.78 is 10.8. The van der Waals surface area contributed by atoms with Gasteiger partial charge in [0, 0.05) is 43.5 Å². The molecule has 1 fully saturated rings. The summed E-state index contributed by atoms with van der Waals surface area (Å²) in [5, 5.41) is 3.47. The van der Waals surface area contributed by atoms with E-state index in [2.05, 4.69) is 29.4 Å². The molecule has 1 N–H and O–H groups in total. The zero-order valence-electron chi connectivity index (χ0n) is 15.5. The minimum absolute atomic E-state index is 0.102. The van der Waals surface area contributed by atoms with E-state index in [-0.39, 0.29) is 11.9 Å². The number of pyridine rings is 1. The van der Waals surface area contributed by atoms with Gasteiger partial charge in [-0.25, -0.2) is 0 Å². The summed E-state index contributed by atoms with van der Waals surface area (Å²) in [6, 6.07) is 10.0. The van der Waals surface area contributed by atoms with Crippen LogP contribution in [0.4, 0.5) is 5.69 Å². The minimum Gasteiger partial charge on any atom is -0.493 e. The van der Waals surface area contributed by atoms with Crippen molar-refractivity contribution in [1.82, 2.24) is 10.3 Å². The summed E-state index contributed by atoms with van der Waals surface area (Å²) in [6.07, 6.45) is 3.28. The number of anilines is 1. The predicted octanol–water partition coefficient (Wildman–Crippen LogP) is 3.08. The fourth-order valence-corrected chi connectivity index (χ4v) is 3.23. The van der Waals surface area contributed by atoms with Gasteiger partial charge >= 0.3 is 0 Å². The van der Waals surface area contributed by atoms with Crippen molar-refractivity contribution in [2.75, 3.05) is 25.7 Å². The van der Waals surface area contributed by atoms with Gasteiger partial charge in [0.2, 0.25) is 5.91 Å². The number of carbonyl (C=O) groups excluding carboxylic acids is 1. The molecule has 3 rings (SSSR count). The van der Waals surface area contributed by atoms with Crippen LogP contribution in [0.15, 0.2) is 36.5 Å². The van der Waals surface area contributed by atoms with Crippen LogP contribution in [0.25, 0.3) is 0 Å². The van der Waals surface area contributed by atoms with Crippen molar-refractivity contribution in [3.63, 3.8) is 0 Å². The van der Waals surface area contributed by atoms with Crippen molar-refractivity contribution in [3.8, 4) is 11.5 Å². The Morgan fingerprint density at radius 1 is 1.27 bits per heavy atom. The highest BCUT2D eigenvalue weighted by Crippen LogP contribution is 2.30. The zero-order valence-corrected chi connectivity index (χ0v) is 15.5. The molecule has 2 aromatic rings. The van der Waals surface area contributed by atoms with Crippen molar-refractivity contribution in [2.24, 2.45) is 0 Å². The molecule has 1 saturated heterocycles. The number of nitrogens with zero attached hydrogens (tertiary/aromatic N) is 2. The van der Waals surface area contributed by atoms with E-state index < -0.39 is 0 Å². The van der Waals surface area contributed by atoms with Crippen LogP contribution >= 0.6 is 0 Å². The third-order valence-corrected chi connectivity index (χ3v) is 4.70. The molecule has 26 heavy (non-hydrogen) atoms. The van der Waals surface area contributed by atoms with Gasteiger partial charge in [0.15, 0.2) is 11.5 Å². The summed E-state index contributed by atoms with van der Waals surface area (Å²) in [4.78, 5) is 18.2. The van der Waals surface area contributed by atoms with Crippen molar-refractivity contribution in [2.45, 2.75) is 32.4 Å². The lowest BCUT2D eigenvalue weighted by Gasteiger charge is -2.20. The predicted molar refractivity (Wildman–Crippen MR) is 101 cm³/mol. The van der Waals surface area contributed by atoms with Crippen LogP contribution in [0.2, 0.25) is 0 Å². The van der Waals surface area contributed by atoms with Crippen LogP contribution in [-0.4, -0.2) is 31.7 Å². The van der Waals surface area contributed by atoms with E-state index in [1.54, 1.807) is 26.5 Å². The van der Waals surface area contributed by atoms with E-state index in [1.807, 2.05) is 17.0 Å². The average molecular weight is 355 g/mol. The molecular formula is C20H25N3O3. The number of hydrogen-bond donors (Lipinski definition) is 1. The molecule has 6 heteroatoms. The molecule has 1 aliphatic rings. The molecule has 1 unspecified atom stereocenters. The van der Waals surface area contributed by atoms with Crippen molar-refractivity contribution in [3.05, 3.63) is 47.8 Å². The first-order valence-electron chi connectivity index (χ1n) is 8.83. The fourth-order valence-electron chi connectivity index (χ4n) is 3.23. The van der Waals surface area contributed by atoms with E-state index in [0.29, 0.717) is 24.5 Å². The largest absolute Gasteiger partial charge is 0.493 e. The van der Waals surface area contributed by atoms with Gasteiger partial charge in [-0.2, -0.15) is 0 Å². The van der Waals surface area contributed by atoms with Crippen LogP contribution in [0.1, 0.15) is 37.1 Å². The maximum atomic E-state index is 12.0. The normalized spacial score (nSPS) is 15.2. The first kappa shape index (κ1) is 18.2. The second-order valence-corrected chi connectivity index (χ2v) is 6.34. The second-order valence-electron chi connectivity index (χ2n) is 6.34. The third kappa shape index (κ3) is 3.80. The Labute approximate surface area is 154 Å². The Morgan fingerprint density at radius 2 is 2.12 bits per heavy atom. The summed E-state index contributed by atoms with van der Waals surface area (Å²) in [7, 11) is 3.23. The van der Waals surface area contributed by atoms with Crippen LogP contribution in [0.5, 0.6) is 11.5 Å². The summed E-state index contributed by atoms with van der Waals surface area (Å²) >= 11 is 0. The number of rotatable bonds is 7. The number of nitrogens with one attached hydrogen (secondary N) is 1. The second kappa shape index (κ2) is 8.19. The monoisotopic (exact) mass is 355 g/mol. The highest BCUT2D eigenvalue weighted by atomic mass is 16.5. The Kier molecular flexibility index (Phi) is 5.73. The van der Waals surface area contributed by atoms with Gasteiger partial charge in [0.25, 0.3) is 0 Å². The lowest BCUT2D eigenvalue weighted by Crippen LogP contribution is -2.24. The van der Waals surface area contributed by atoms with Gasteiger partial charge in [-0.15, -0.1) is 0 Å². The summed E-state index contributed by atoms with van der Waals surface area (Å²) in [6.45, 7) is 3.45. The summed E-state index contributed by atoms with van der Waals surface area (Å²) in [5.41, 5.74) is 2.89. The molecule has 2 heterocycles. The molecule has 1 atom stereocenters. The molecule has 1 aliphatic heterocycles. The number of amides is 1. The lowest BCUT2D eigenvalue weighted by molar-refractivity contribution is -0.117. The Balaban J connectivity index is 1.71. The molecule has 0 saturated carbocycles. The molecule has 0 aliphatic carbocycles. The van der Waals surface area contributed by atoms with E-state index in [1.165, 1.54) is 0 Å². The maximum Gasteiger partial charge on any atom is 0.227 e. The van der Waals surface area contributed by atoms with Crippen LogP contribution < -0.4 is 19.7 Å². The fraction of sp³-hybridized carbons (Fsp3) is 0.400. The van der Waals surface area contributed by atoms with Crippen molar-refractivity contribution in [1.29, 1.82) is 0 Å². The van der Waals surface area contributed by atoms with Gasteiger partial charge < -0.3 is 19.7 Å². The van der Waals surface area contributed by atoms with Gasteiger partial charge in [-0.05, 0) is 31.0 Å². The highest BCUT2D eigenvalue weighted by Gasteiger charge is 2.22. The molecule has 138 valence electrons. The number of carbonyl (C=O) groups is 1. The molecule has 6 nitrogen and oxygen atoms in total. The Bertz CT molecular complexity index is 779. The first-order valence-corrected chi connectivity index (χ1v) is 8.83. The zero-order chi connectivity index (χ0) is 18.5. The van der Waals surface area contributed by atoms with Gasteiger partial charge in [-0.1, -0.05) is 12.1 Å². The van der Waals surface area contributed by atoms with Crippen molar-refractivity contribution < 1.29 is 14.3 Å². The first-order chi connectivity index (χ1) is 12.6. The molecule has 1 amide bonds. The quantitative estimate of drug-likeness (QED) is 0.827. The molecule has 0 radical (unpaired) electrons. The van der Waals surface area contributed by atoms with Gasteiger partial charge in [0.05, 0.1) is 19.9 Å². The topological polar surface area (TPSA) is 63.7 Å². The smallest absolute Gasteiger partial charge is 0.227 e. The maximum absolute atomic E-state index is 12.0. The van der Waals surface area contributed by atoms with E-state index >= 15 is 0 Å². The number of benzene rings is 1. The van der Waals surface area contributed by atoms with E-state index in [4.69, 9.17) is 9.47 Å². The number of methoxy groups -OCH3 is 2. The van der Waals surface area contributed by atoms with Crippen molar-refractivity contribution >= 4 is 11.6 Å². The van der Waals surface area contributed by atoms with Gasteiger partial charge in [0.1, 0.15) is 0 Å². The van der Waals surface area contributed by atoms with Gasteiger partial charge in [-0.3, -0.25) is 9.78 Å². The Hall–Kier alpha value is -2.60. The standard InChI is InChI=1S/C20H25N3O3/c1-14(22-13-17-20(26-3)18(25-2)9-10-21-17)15-6-4-7-16(12-15)23-11-5-8-19(23)24/h4,6-7,9-10,12,14,22H,5,8,11,13H2,1-3H3. The molecule has 0 bridgehead atoms. The highest BCUT2D eigenvalue weighted by molar-refractivity contribution is 5.95. The SMILES string of the molecule is COc1ccnc(CNC(C)c2cccc(N3CCCC3=O)c2)c1OC. The average Bonchev–Trinajstić information content (AvgIpc) is 3.11. The minimum atomic E-state index is 0.102. The number of hydrogen-bond acceptors (Lipinski definition) is 5. The molecular weight excluding hydrogens is 330 g/mol. The van der Waals surface area contributed by atoms with Crippen LogP contribution in [-0.2, 0) is 11.3 Å². The van der Waals surface area contributed by atoms with Crippen LogP contribution in [0.3, 0.4) is 0 Å². The number of ether oxygens (including phenoxy) is 2. The molecule has 1 aromatic carbocycles. The summed E-state index contributed by atoms with van der Waals surface area (Å²) in [5.74, 6) is 1.51. The Morgan fingerprint density at radius 3 is 2.81 bits per heavy atom. The third-order valence-electron chi connectivity index (χ3n) is 4.70. The van der Waals surface area contributed by atoms with E-state index in [9.17, 15) is 4.79 Å². The number of aromatic nitrogens is 1. The molecule has 1 aromatic heterocycles. The van der Waals surface area contributed by atoms with Crippen LogP contribution in [0, 0.1) is 0 Å².